The molecule has 1 aromatic carbocycles. The standard InChI is InChI=1S/C9H5BrN2O4/c1-16-9(13)7-6(10)3-2-5(4-11)8(7)12(14)15/h2-3H,1H3. The van der Waals surface area contributed by atoms with E-state index >= 15 is 0 Å². The van der Waals surface area contributed by atoms with Gasteiger partial charge in [0, 0.05) is 4.47 Å². The van der Waals surface area contributed by atoms with E-state index in [1.54, 1.807) is 6.07 Å². The van der Waals surface area contributed by atoms with Gasteiger partial charge in [-0.15, -0.1) is 0 Å². The van der Waals surface area contributed by atoms with Crippen molar-refractivity contribution in [1.29, 1.82) is 5.26 Å². The molecule has 0 atom stereocenters. The van der Waals surface area contributed by atoms with Gasteiger partial charge in [-0.3, -0.25) is 10.1 Å². The Morgan fingerprint density at radius 2 is 2.25 bits per heavy atom. The van der Waals surface area contributed by atoms with Gasteiger partial charge in [0.15, 0.2) is 5.56 Å². The normalized spacial score (nSPS) is 9.31. The Balaban J connectivity index is 3.62. The number of hydrogen-bond donors (Lipinski definition) is 0. The SMILES string of the molecule is COC(=O)c1c(Br)ccc(C#N)c1[N+](=O)[O-]. The van der Waals surface area contributed by atoms with Crippen LogP contribution >= 0.6 is 15.9 Å². The van der Waals surface area contributed by atoms with E-state index in [-0.39, 0.29) is 15.6 Å². The molecule has 0 bridgehead atoms. The number of nitriles is 1. The highest BCUT2D eigenvalue weighted by Gasteiger charge is 2.28. The first-order chi connectivity index (χ1) is 7.52. The van der Waals surface area contributed by atoms with Crippen LogP contribution in [0, 0.1) is 21.4 Å². The summed E-state index contributed by atoms with van der Waals surface area (Å²) in [7, 11) is 1.11. The van der Waals surface area contributed by atoms with Gasteiger partial charge in [0.2, 0.25) is 0 Å². The predicted octanol–water partition coefficient (Wildman–Crippen LogP) is 2.02. The van der Waals surface area contributed by atoms with Crippen LogP contribution in [0.1, 0.15) is 15.9 Å². The van der Waals surface area contributed by atoms with Crippen LogP contribution in [0.5, 0.6) is 0 Å². The lowest BCUT2D eigenvalue weighted by Gasteiger charge is -2.04. The number of carbonyl (C=O) groups excluding carboxylic acids is 1. The molecule has 0 saturated carbocycles. The fourth-order valence-corrected chi connectivity index (χ4v) is 1.62. The lowest BCUT2D eigenvalue weighted by atomic mass is 10.1. The van der Waals surface area contributed by atoms with Crippen molar-refractivity contribution in [3.63, 3.8) is 0 Å². The minimum Gasteiger partial charge on any atom is -0.465 e. The Bertz CT molecular complexity index is 507. The zero-order valence-corrected chi connectivity index (χ0v) is 9.65. The molecule has 7 heteroatoms. The molecule has 0 heterocycles. The molecule has 0 aliphatic carbocycles. The van der Waals surface area contributed by atoms with Gasteiger partial charge in [-0.1, -0.05) is 0 Å². The molecule has 1 aromatic rings. The average Bonchev–Trinajstić information content (AvgIpc) is 2.27. The maximum atomic E-state index is 11.4. The Labute approximate surface area is 98.7 Å². The minimum atomic E-state index is -0.865. The Hall–Kier alpha value is -1.94. The van der Waals surface area contributed by atoms with Gasteiger partial charge >= 0.3 is 11.7 Å². The van der Waals surface area contributed by atoms with E-state index in [9.17, 15) is 14.9 Å². The summed E-state index contributed by atoms with van der Waals surface area (Å²) in [6.45, 7) is 0. The number of halogens is 1. The van der Waals surface area contributed by atoms with Crippen LogP contribution in [0.25, 0.3) is 0 Å². The lowest BCUT2D eigenvalue weighted by Crippen LogP contribution is -2.08. The van der Waals surface area contributed by atoms with E-state index in [0.29, 0.717) is 0 Å². The van der Waals surface area contributed by atoms with Crippen molar-refractivity contribution in [2.45, 2.75) is 0 Å². The molecule has 0 aromatic heterocycles. The summed E-state index contributed by atoms with van der Waals surface area (Å²) in [6.07, 6.45) is 0. The zero-order valence-electron chi connectivity index (χ0n) is 8.06. The van der Waals surface area contributed by atoms with Crippen LogP contribution in [0.2, 0.25) is 0 Å². The molecular formula is C9H5BrN2O4. The van der Waals surface area contributed by atoms with E-state index in [2.05, 4.69) is 20.7 Å². The first-order valence-corrected chi connectivity index (χ1v) is 4.77. The molecule has 0 spiro atoms. The van der Waals surface area contributed by atoms with Gasteiger partial charge in [-0.05, 0) is 28.1 Å². The summed E-state index contributed by atoms with van der Waals surface area (Å²) in [4.78, 5) is 21.4. The molecule has 0 unspecified atom stereocenters. The summed E-state index contributed by atoms with van der Waals surface area (Å²) in [5.41, 5.74) is -0.996. The summed E-state index contributed by atoms with van der Waals surface area (Å²) >= 11 is 3.01. The zero-order chi connectivity index (χ0) is 12.3. The van der Waals surface area contributed by atoms with Crippen molar-refractivity contribution in [3.05, 3.63) is 37.8 Å². The number of ether oxygens (including phenoxy) is 1. The highest BCUT2D eigenvalue weighted by molar-refractivity contribution is 9.10. The van der Waals surface area contributed by atoms with E-state index in [1.165, 1.54) is 12.1 Å². The number of nitrogens with zero attached hydrogens (tertiary/aromatic N) is 2. The molecule has 0 amide bonds. The predicted molar refractivity (Wildman–Crippen MR) is 56.9 cm³/mol. The van der Waals surface area contributed by atoms with Crippen molar-refractivity contribution in [2.75, 3.05) is 7.11 Å². The largest absolute Gasteiger partial charge is 0.465 e. The maximum absolute atomic E-state index is 11.4. The minimum absolute atomic E-state index is 0.186. The van der Waals surface area contributed by atoms with Gasteiger partial charge in [-0.2, -0.15) is 5.26 Å². The average molecular weight is 285 g/mol. The molecule has 0 aliphatic rings. The first-order valence-electron chi connectivity index (χ1n) is 3.98. The summed E-state index contributed by atoms with van der Waals surface area (Å²) < 4.78 is 4.64. The Kier molecular flexibility index (Phi) is 3.58. The van der Waals surface area contributed by atoms with Gasteiger partial charge < -0.3 is 4.74 Å². The maximum Gasteiger partial charge on any atom is 0.346 e. The second kappa shape index (κ2) is 4.72. The van der Waals surface area contributed by atoms with Gasteiger partial charge in [0.05, 0.1) is 12.0 Å². The second-order valence-electron chi connectivity index (χ2n) is 2.68. The van der Waals surface area contributed by atoms with Crippen LogP contribution in [-0.4, -0.2) is 18.0 Å². The number of esters is 1. The molecule has 0 fully saturated rings. The molecule has 0 aliphatic heterocycles. The van der Waals surface area contributed by atoms with Crippen LogP contribution in [0.3, 0.4) is 0 Å². The monoisotopic (exact) mass is 284 g/mol. The molecule has 0 radical (unpaired) electrons. The van der Waals surface area contributed by atoms with Crippen LogP contribution in [-0.2, 0) is 4.74 Å². The quantitative estimate of drug-likeness (QED) is 0.470. The van der Waals surface area contributed by atoms with E-state index in [0.717, 1.165) is 7.11 Å². The molecule has 0 N–H and O–H groups in total. The third-order valence-electron chi connectivity index (χ3n) is 1.82. The van der Waals surface area contributed by atoms with Gasteiger partial charge in [0.1, 0.15) is 11.6 Å². The number of nitro groups is 1. The fourth-order valence-electron chi connectivity index (χ4n) is 1.14. The number of hydrogen-bond acceptors (Lipinski definition) is 5. The van der Waals surface area contributed by atoms with E-state index in [4.69, 9.17) is 5.26 Å². The molecule has 16 heavy (non-hydrogen) atoms. The smallest absolute Gasteiger partial charge is 0.346 e. The molecule has 6 nitrogen and oxygen atoms in total. The molecule has 82 valence electrons. The summed E-state index contributed by atoms with van der Waals surface area (Å²) in [5.74, 6) is -0.865. The topological polar surface area (TPSA) is 93.2 Å². The molecule has 1 rings (SSSR count). The van der Waals surface area contributed by atoms with Crippen LogP contribution in [0.4, 0.5) is 5.69 Å². The first kappa shape index (κ1) is 12.1. The third-order valence-corrected chi connectivity index (χ3v) is 2.48. The van der Waals surface area contributed by atoms with Crippen molar-refractivity contribution in [2.24, 2.45) is 0 Å². The van der Waals surface area contributed by atoms with Crippen molar-refractivity contribution < 1.29 is 14.5 Å². The number of methoxy groups -OCH3 is 1. The fraction of sp³-hybridized carbons (Fsp3) is 0.111. The van der Waals surface area contributed by atoms with E-state index in [1.807, 2.05) is 0 Å². The highest BCUT2D eigenvalue weighted by atomic mass is 79.9. The van der Waals surface area contributed by atoms with Gasteiger partial charge in [0.25, 0.3) is 0 Å². The Morgan fingerprint density at radius 1 is 1.62 bits per heavy atom. The van der Waals surface area contributed by atoms with Crippen molar-refractivity contribution >= 4 is 27.6 Å². The molecule has 0 saturated heterocycles. The van der Waals surface area contributed by atoms with E-state index < -0.39 is 16.6 Å². The van der Waals surface area contributed by atoms with Gasteiger partial charge in [-0.25, -0.2) is 4.79 Å². The van der Waals surface area contributed by atoms with Crippen molar-refractivity contribution in [1.82, 2.24) is 0 Å². The summed E-state index contributed by atoms with van der Waals surface area (Å²) in [5, 5.41) is 19.5. The van der Waals surface area contributed by atoms with Crippen molar-refractivity contribution in [3.8, 4) is 6.07 Å². The Morgan fingerprint density at radius 3 is 2.69 bits per heavy atom. The number of carbonyl (C=O) groups is 1. The van der Waals surface area contributed by atoms with Crippen LogP contribution in [0.15, 0.2) is 16.6 Å². The third kappa shape index (κ3) is 2.01. The number of nitro benzene ring substituents is 1. The number of benzene rings is 1. The van der Waals surface area contributed by atoms with Crippen LogP contribution < -0.4 is 0 Å². The lowest BCUT2D eigenvalue weighted by molar-refractivity contribution is -0.385. The number of rotatable bonds is 2. The second-order valence-corrected chi connectivity index (χ2v) is 3.53. The highest BCUT2D eigenvalue weighted by Crippen LogP contribution is 2.30. The molecular weight excluding hydrogens is 280 g/mol. The summed E-state index contributed by atoms with van der Waals surface area (Å²) in [6, 6.07) is 4.30.